The van der Waals surface area contributed by atoms with Crippen LogP contribution in [0.15, 0.2) is 30.3 Å². The molecule has 3 rings (SSSR count). The first-order chi connectivity index (χ1) is 15.4. The monoisotopic (exact) mass is 458 g/mol. The SMILES string of the molecule is CCCOc1c(Cl)cc(C(=O)Nc2ccc(C(=O)NC3CCCCC3)cc2C)cc1OC. The van der Waals surface area contributed by atoms with Crippen LogP contribution in [0.25, 0.3) is 0 Å². The number of hydrogen-bond donors (Lipinski definition) is 2. The minimum Gasteiger partial charge on any atom is -0.493 e. The molecule has 32 heavy (non-hydrogen) atoms. The van der Waals surface area contributed by atoms with Crippen LogP contribution in [0.2, 0.25) is 5.02 Å². The van der Waals surface area contributed by atoms with E-state index in [9.17, 15) is 9.59 Å². The summed E-state index contributed by atoms with van der Waals surface area (Å²) in [7, 11) is 1.51. The minimum absolute atomic E-state index is 0.0722. The van der Waals surface area contributed by atoms with Crippen LogP contribution in [0.5, 0.6) is 11.5 Å². The summed E-state index contributed by atoms with van der Waals surface area (Å²) in [4.78, 5) is 25.4. The third-order valence-electron chi connectivity index (χ3n) is 5.62. The Morgan fingerprint density at radius 1 is 1.06 bits per heavy atom. The molecule has 0 bridgehead atoms. The Balaban J connectivity index is 1.71. The van der Waals surface area contributed by atoms with Crippen molar-refractivity contribution in [2.45, 2.75) is 58.4 Å². The Morgan fingerprint density at radius 2 is 1.81 bits per heavy atom. The van der Waals surface area contributed by atoms with Gasteiger partial charge in [-0.1, -0.05) is 37.8 Å². The number of benzene rings is 2. The standard InChI is InChI=1S/C25H31ClN2O4/c1-4-12-32-23-20(26)14-18(15-22(23)31-3)25(30)28-21-11-10-17(13-16(21)2)24(29)27-19-8-6-5-7-9-19/h10-11,13-15,19H,4-9,12H2,1-3H3,(H,27,29)(H,28,30). The quantitative estimate of drug-likeness (QED) is 0.527. The highest BCUT2D eigenvalue weighted by Crippen LogP contribution is 2.36. The minimum atomic E-state index is -0.324. The summed E-state index contributed by atoms with van der Waals surface area (Å²) in [6, 6.07) is 8.69. The van der Waals surface area contributed by atoms with Crippen LogP contribution in [-0.4, -0.2) is 31.6 Å². The number of amides is 2. The van der Waals surface area contributed by atoms with Gasteiger partial charge in [-0.25, -0.2) is 0 Å². The Bertz CT molecular complexity index is 971. The molecule has 172 valence electrons. The van der Waals surface area contributed by atoms with E-state index in [1.807, 2.05) is 13.8 Å². The molecular weight excluding hydrogens is 428 g/mol. The zero-order valence-electron chi connectivity index (χ0n) is 18.9. The van der Waals surface area contributed by atoms with Gasteiger partial charge in [0.05, 0.1) is 18.7 Å². The van der Waals surface area contributed by atoms with Gasteiger partial charge in [-0.3, -0.25) is 9.59 Å². The lowest BCUT2D eigenvalue weighted by molar-refractivity contribution is 0.0927. The van der Waals surface area contributed by atoms with E-state index >= 15 is 0 Å². The van der Waals surface area contributed by atoms with Crippen LogP contribution in [0, 0.1) is 6.92 Å². The predicted octanol–water partition coefficient (Wildman–Crippen LogP) is 5.76. The highest BCUT2D eigenvalue weighted by atomic mass is 35.5. The van der Waals surface area contributed by atoms with Crippen molar-refractivity contribution in [1.29, 1.82) is 0 Å². The molecule has 2 aromatic rings. The van der Waals surface area contributed by atoms with Gasteiger partial charge in [-0.2, -0.15) is 0 Å². The summed E-state index contributed by atoms with van der Waals surface area (Å²) < 4.78 is 11.0. The topological polar surface area (TPSA) is 76.7 Å². The second kappa shape index (κ2) is 11.2. The molecule has 1 aliphatic carbocycles. The van der Waals surface area contributed by atoms with E-state index < -0.39 is 0 Å². The van der Waals surface area contributed by atoms with E-state index in [1.54, 1.807) is 30.3 Å². The third kappa shape index (κ3) is 5.94. The largest absolute Gasteiger partial charge is 0.493 e. The predicted molar refractivity (Wildman–Crippen MR) is 127 cm³/mol. The summed E-state index contributed by atoms with van der Waals surface area (Å²) in [5.74, 6) is 0.437. The highest BCUT2D eigenvalue weighted by molar-refractivity contribution is 6.32. The van der Waals surface area contributed by atoms with Crippen molar-refractivity contribution < 1.29 is 19.1 Å². The lowest BCUT2D eigenvalue weighted by atomic mass is 9.95. The van der Waals surface area contributed by atoms with Crippen LogP contribution < -0.4 is 20.1 Å². The van der Waals surface area contributed by atoms with E-state index in [-0.39, 0.29) is 17.9 Å². The molecule has 1 aliphatic rings. The zero-order valence-corrected chi connectivity index (χ0v) is 19.7. The molecule has 1 saturated carbocycles. The fraction of sp³-hybridized carbons (Fsp3) is 0.440. The summed E-state index contributed by atoms with van der Waals surface area (Å²) in [6.45, 7) is 4.36. The number of rotatable bonds is 8. The second-order valence-electron chi connectivity index (χ2n) is 8.13. The van der Waals surface area contributed by atoms with Crippen molar-refractivity contribution in [2.24, 2.45) is 0 Å². The van der Waals surface area contributed by atoms with Crippen molar-refractivity contribution in [3.63, 3.8) is 0 Å². The molecule has 2 aromatic carbocycles. The van der Waals surface area contributed by atoms with Crippen LogP contribution in [0.4, 0.5) is 5.69 Å². The van der Waals surface area contributed by atoms with Gasteiger partial charge in [0, 0.05) is 22.9 Å². The summed E-state index contributed by atoms with van der Waals surface area (Å²) in [5.41, 5.74) is 2.38. The molecule has 0 saturated heterocycles. The summed E-state index contributed by atoms with van der Waals surface area (Å²) in [6.07, 6.45) is 6.46. The van der Waals surface area contributed by atoms with Crippen LogP contribution >= 0.6 is 11.6 Å². The molecule has 0 unspecified atom stereocenters. The first-order valence-corrected chi connectivity index (χ1v) is 11.5. The lowest BCUT2D eigenvalue weighted by Gasteiger charge is -2.23. The number of carbonyl (C=O) groups is 2. The fourth-order valence-corrected chi connectivity index (χ4v) is 4.12. The maximum absolute atomic E-state index is 12.8. The number of hydrogen-bond acceptors (Lipinski definition) is 4. The lowest BCUT2D eigenvalue weighted by Crippen LogP contribution is -2.36. The zero-order chi connectivity index (χ0) is 23.1. The third-order valence-corrected chi connectivity index (χ3v) is 5.90. The van der Waals surface area contributed by atoms with Crippen LogP contribution in [0.3, 0.4) is 0 Å². The number of ether oxygens (including phenoxy) is 2. The van der Waals surface area contributed by atoms with Crippen molar-refractivity contribution in [2.75, 3.05) is 19.0 Å². The number of aryl methyl sites for hydroxylation is 1. The molecule has 0 spiro atoms. The van der Waals surface area contributed by atoms with Crippen molar-refractivity contribution in [3.8, 4) is 11.5 Å². The van der Waals surface area contributed by atoms with Gasteiger partial charge in [0.25, 0.3) is 11.8 Å². The average Bonchev–Trinajstić information content (AvgIpc) is 2.79. The van der Waals surface area contributed by atoms with E-state index in [0.717, 1.165) is 37.7 Å². The molecule has 0 aromatic heterocycles. The maximum Gasteiger partial charge on any atom is 0.255 e. The molecule has 1 fully saturated rings. The normalized spacial score (nSPS) is 14.0. The first kappa shape index (κ1) is 23.9. The number of carbonyl (C=O) groups excluding carboxylic acids is 2. The van der Waals surface area contributed by atoms with Crippen molar-refractivity contribution >= 4 is 29.1 Å². The number of anilines is 1. The van der Waals surface area contributed by atoms with E-state index in [2.05, 4.69) is 10.6 Å². The fourth-order valence-electron chi connectivity index (χ4n) is 3.85. The molecule has 2 amide bonds. The first-order valence-electron chi connectivity index (χ1n) is 11.2. The Labute approximate surface area is 194 Å². The number of nitrogens with one attached hydrogen (secondary N) is 2. The van der Waals surface area contributed by atoms with E-state index in [4.69, 9.17) is 21.1 Å². The molecule has 7 heteroatoms. The van der Waals surface area contributed by atoms with Gasteiger partial charge >= 0.3 is 0 Å². The molecule has 0 radical (unpaired) electrons. The van der Waals surface area contributed by atoms with Gasteiger partial charge in [0.1, 0.15) is 0 Å². The Hall–Kier alpha value is -2.73. The molecular formula is C25H31ClN2O4. The summed E-state index contributed by atoms with van der Waals surface area (Å²) in [5, 5.41) is 6.32. The highest BCUT2D eigenvalue weighted by Gasteiger charge is 2.19. The number of methoxy groups -OCH3 is 1. The van der Waals surface area contributed by atoms with Crippen LogP contribution in [0.1, 0.15) is 71.7 Å². The Morgan fingerprint density at radius 3 is 2.47 bits per heavy atom. The van der Waals surface area contributed by atoms with Gasteiger partial charge in [0.2, 0.25) is 0 Å². The summed E-state index contributed by atoms with van der Waals surface area (Å²) >= 11 is 6.33. The molecule has 6 nitrogen and oxygen atoms in total. The number of halogens is 1. The van der Waals surface area contributed by atoms with Gasteiger partial charge < -0.3 is 20.1 Å². The van der Waals surface area contributed by atoms with Crippen molar-refractivity contribution in [3.05, 3.63) is 52.0 Å². The molecule has 2 N–H and O–H groups in total. The Kier molecular flexibility index (Phi) is 8.39. The smallest absolute Gasteiger partial charge is 0.255 e. The second-order valence-corrected chi connectivity index (χ2v) is 8.54. The van der Waals surface area contributed by atoms with E-state index in [1.165, 1.54) is 13.5 Å². The molecule has 0 heterocycles. The molecule has 0 atom stereocenters. The van der Waals surface area contributed by atoms with Gasteiger partial charge in [-0.15, -0.1) is 0 Å². The molecule has 0 aliphatic heterocycles. The van der Waals surface area contributed by atoms with Crippen LogP contribution in [-0.2, 0) is 0 Å². The maximum atomic E-state index is 12.8. The van der Waals surface area contributed by atoms with Gasteiger partial charge in [-0.05, 0) is 62.1 Å². The average molecular weight is 459 g/mol. The van der Waals surface area contributed by atoms with E-state index in [0.29, 0.717) is 39.9 Å². The van der Waals surface area contributed by atoms with Gasteiger partial charge in [0.15, 0.2) is 11.5 Å². The van der Waals surface area contributed by atoms with Crippen molar-refractivity contribution in [1.82, 2.24) is 5.32 Å².